The van der Waals surface area contributed by atoms with Gasteiger partial charge in [-0.2, -0.15) is 0 Å². The molecule has 4 aromatic rings. The molecule has 356 valence electrons. The van der Waals surface area contributed by atoms with Crippen molar-refractivity contribution in [3.8, 4) is 0 Å². The van der Waals surface area contributed by atoms with E-state index in [2.05, 4.69) is 16.0 Å². The smallest absolute Gasteiger partial charge is 0.408 e. The molecule has 0 saturated carbocycles. The lowest BCUT2D eigenvalue weighted by Crippen LogP contribution is -2.73. The van der Waals surface area contributed by atoms with E-state index in [1.165, 1.54) is 6.92 Å². The predicted octanol–water partition coefficient (Wildman–Crippen LogP) is 7.71. The van der Waals surface area contributed by atoms with Gasteiger partial charge in [0.1, 0.15) is 41.7 Å². The second-order valence-corrected chi connectivity index (χ2v) is 18.4. The van der Waals surface area contributed by atoms with E-state index in [1.807, 2.05) is 121 Å². The van der Waals surface area contributed by atoms with Gasteiger partial charge in [-0.05, 0) is 76.6 Å². The molecule has 3 amide bonds. The van der Waals surface area contributed by atoms with Crippen LogP contribution in [0.4, 0.5) is 4.79 Å². The minimum Gasteiger partial charge on any atom is -0.458 e. The maximum Gasteiger partial charge on any atom is 0.408 e. The Morgan fingerprint density at radius 3 is 1.59 bits per heavy atom. The van der Waals surface area contributed by atoms with Crippen LogP contribution in [0.5, 0.6) is 0 Å². The number of ether oxygens (including phenoxy) is 7. The fourth-order valence-corrected chi connectivity index (χ4v) is 7.45. The van der Waals surface area contributed by atoms with Gasteiger partial charge in [0.2, 0.25) is 11.8 Å². The van der Waals surface area contributed by atoms with Crippen LogP contribution in [0.3, 0.4) is 0 Å². The van der Waals surface area contributed by atoms with Gasteiger partial charge in [0, 0.05) is 13.5 Å². The van der Waals surface area contributed by atoms with Gasteiger partial charge in [0.05, 0.1) is 39.5 Å². The number of nitrogens with one attached hydrogen (secondary N) is 3. The summed E-state index contributed by atoms with van der Waals surface area (Å²) in [5.41, 5.74) is 0.174. The van der Waals surface area contributed by atoms with Crippen LogP contribution in [0.15, 0.2) is 121 Å². The van der Waals surface area contributed by atoms with Gasteiger partial charge in [-0.1, -0.05) is 121 Å². The maximum absolute atomic E-state index is 14.3. The third kappa shape index (κ3) is 17.3. The van der Waals surface area contributed by atoms with Gasteiger partial charge in [-0.3, -0.25) is 9.59 Å². The number of esters is 1. The molecule has 1 aliphatic rings. The fraction of sp³-hybridized carbons (Fsp3) is 0.462. The summed E-state index contributed by atoms with van der Waals surface area (Å²) >= 11 is 0. The minimum atomic E-state index is -1.81. The van der Waals surface area contributed by atoms with Gasteiger partial charge in [0.25, 0.3) is 0 Å². The molecule has 1 saturated heterocycles. The van der Waals surface area contributed by atoms with Crippen molar-refractivity contribution in [1.29, 1.82) is 0 Å². The number of carbonyl (C=O) groups excluding carboxylic acids is 4. The third-order valence-corrected chi connectivity index (χ3v) is 10.2. The fourth-order valence-electron chi connectivity index (χ4n) is 7.45. The first kappa shape index (κ1) is 51.3. The zero-order valence-electron chi connectivity index (χ0n) is 39.3. The number of alkyl carbamates (subject to hydrolysis) is 1. The molecule has 0 spiro atoms. The van der Waals surface area contributed by atoms with Crippen LogP contribution in [0.1, 0.15) is 90.0 Å². The van der Waals surface area contributed by atoms with E-state index in [-0.39, 0.29) is 52.4 Å². The molecule has 0 aliphatic carbocycles. The second-order valence-electron chi connectivity index (χ2n) is 18.4. The Hall–Kier alpha value is -5.64. The highest BCUT2D eigenvalue weighted by molar-refractivity contribution is 5.82. The van der Waals surface area contributed by atoms with E-state index in [4.69, 9.17) is 33.2 Å². The summed E-state index contributed by atoms with van der Waals surface area (Å²) in [6.07, 6.45) is -4.53. The average molecular weight is 910 g/mol. The van der Waals surface area contributed by atoms with Crippen molar-refractivity contribution in [2.24, 2.45) is 0 Å². The Labute approximate surface area is 389 Å². The highest BCUT2D eigenvalue weighted by atomic mass is 16.6. The molecule has 5 rings (SSSR count). The first-order valence-electron chi connectivity index (χ1n) is 22.5. The summed E-state index contributed by atoms with van der Waals surface area (Å²) in [5, 5.41) is 8.57. The first-order chi connectivity index (χ1) is 31.5. The summed E-state index contributed by atoms with van der Waals surface area (Å²) in [6, 6.07) is 37.6. The lowest BCUT2D eigenvalue weighted by atomic mass is 9.87. The zero-order chi connectivity index (χ0) is 47.6. The topological polar surface area (TPSA) is 169 Å². The summed E-state index contributed by atoms with van der Waals surface area (Å²) in [5.74, 6) is -1.59. The molecule has 1 aliphatic heterocycles. The van der Waals surface area contributed by atoms with Crippen LogP contribution in [-0.2, 0) is 74.0 Å². The molecule has 14 heteroatoms. The molecule has 4 aromatic carbocycles. The van der Waals surface area contributed by atoms with E-state index in [1.54, 1.807) is 41.5 Å². The first-order valence-corrected chi connectivity index (χ1v) is 22.5. The Kier molecular flexibility index (Phi) is 19.3. The Balaban J connectivity index is 1.47. The van der Waals surface area contributed by atoms with Gasteiger partial charge < -0.3 is 49.1 Å². The lowest BCUT2D eigenvalue weighted by molar-refractivity contribution is -0.314. The van der Waals surface area contributed by atoms with Gasteiger partial charge in [-0.15, -0.1) is 0 Å². The Bertz CT molecular complexity index is 2100. The van der Waals surface area contributed by atoms with Crippen LogP contribution in [-0.4, -0.2) is 84.4 Å². The SMILES string of the molecule is CC(=O)N[C@@]1(CC(=O)NCCC[C@H](NC(=O)OC(C)(C)C)C(=O)OC(C)(C)C)O[C@H](COCc2ccccc2)[C@H](OCc2ccccc2)[C@H](OCc2ccccc2)[C@H]1OCc1ccccc1. The summed E-state index contributed by atoms with van der Waals surface area (Å²) < 4.78 is 44.8. The molecular formula is C52H67N3O11. The van der Waals surface area contributed by atoms with Crippen molar-refractivity contribution in [1.82, 2.24) is 16.0 Å². The molecular weight excluding hydrogens is 843 g/mol. The molecule has 0 radical (unpaired) electrons. The molecule has 66 heavy (non-hydrogen) atoms. The van der Waals surface area contributed by atoms with Crippen molar-refractivity contribution >= 4 is 23.9 Å². The zero-order valence-corrected chi connectivity index (χ0v) is 39.3. The molecule has 0 unspecified atom stereocenters. The second kappa shape index (κ2) is 24.8. The van der Waals surface area contributed by atoms with Crippen molar-refractivity contribution in [3.05, 3.63) is 144 Å². The highest BCUT2D eigenvalue weighted by Crippen LogP contribution is 2.38. The normalized spacial score (nSPS) is 20.1. The standard InChI is InChI=1S/C52H67N3O11/c1-37(56)55-52(31-44(57)53-30-20-29-42(48(58)65-50(2,3)4)54-49(59)66-51(5,6)7)47(63-35-41-27-18-11-19-28-41)46(62-34-40-25-16-10-17-26-40)45(61-33-39-23-14-9-15-24-39)43(64-52)36-60-32-38-21-12-8-13-22-38/h8-19,21-28,42-43,45-47H,20,29-36H2,1-7H3,(H,53,57)(H,54,59)(H,55,56)/t42-,43+,45-,46-,47+,52-/m0/s1. The van der Waals surface area contributed by atoms with Crippen molar-refractivity contribution in [2.45, 2.75) is 142 Å². The van der Waals surface area contributed by atoms with Gasteiger partial charge in [-0.25, -0.2) is 9.59 Å². The van der Waals surface area contributed by atoms with Gasteiger partial charge in [0.15, 0.2) is 5.72 Å². The van der Waals surface area contributed by atoms with Crippen molar-refractivity contribution in [3.63, 3.8) is 0 Å². The van der Waals surface area contributed by atoms with Crippen LogP contribution < -0.4 is 16.0 Å². The van der Waals surface area contributed by atoms with Crippen LogP contribution in [0.25, 0.3) is 0 Å². The van der Waals surface area contributed by atoms with E-state index in [9.17, 15) is 19.2 Å². The Morgan fingerprint density at radius 1 is 0.636 bits per heavy atom. The molecule has 0 bridgehead atoms. The van der Waals surface area contributed by atoms with E-state index in [0.717, 1.165) is 22.3 Å². The molecule has 3 N–H and O–H groups in total. The molecule has 1 fully saturated rings. The molecule has 6 atom stereocenters. The van der Waals surface area contributed by atoms with Crippen LogP contribution in [0, 0.1) is 0 Å². The van der Waals surface area contributed by atoms with Gasteiger partial charge >= 0.3 is 12.1 Å². The van der Waals surface area contributed by atoms with Crippen molar-refractivity contribution < 1.29 is 52.3 Å². The Morgan fingerprint density at radius 2 is 1.11 bits per heavy atom. The van der Waals surface area contributed by atoms with Crippen LogP contribution in [0.2, 0.25) is 0 Å². The number of carbonyl (C=O) groups is 4. The summed E-state index contributed by atoms with van der Waals surface area (Å²) in [4.78, 5) is 53.7. The molecule has 0 aromatic heterocycles. The maximum atomic E-state index is 14.3. The number of hydrogen-bond acceptors (Lipinski definition) is 11. The van der Waals surface area contributed by atoms with Crippen LogP contribution >= 0.6 is 0 Å². The minimum absolute atomic E-state index is 0.00457. The number of rotatable bonds is 22. The van der Waals surface area contributed by atoms with E-state index >= 15 is 0 Å². The number of hydrogen-bond donors (Lipinski definition) is 3. The predicted molar refractivity (Wildman–Crippen MR) is 248 cm³/mol. The lowest BCUT2D eigenvalue weighted by Gasteiger charge is -2.52. The number of amides is 3. The van der Waals surface area contributed by atoms with Crippen molar-refractivity contribution in [2.75, 3.05) is 13.2 Å². The summed E-state index contributed by atoms with van der Waals surface area (Å²) in [7, 11) is 0. The number of benzene rings is 4. The molecule has 14 nitrogen and oxygen atoms in total. The highest BCUT2D eigenvalue weighted by Gasteiger charge is 2.58. The summed E-state index contributed by atoms with van der Waals surface area (Å²) in [6.45, 7) is 12.5. The third-order valence-electron chi connectivity index (χ3n) is 10.2. The largest absolute Gasteiger partial charge is 0.458 e. The van der Waals surface area contributed by atoms with E-state index in [0.29, 0.717) is 0 Å². The van der Waals surface area contributed by atoms with E-state index < -0.39 is 77.7 Å². The monoisotopic (exact) mass is 909 g/mol. The molecule has 1 heterocycles. The average Bonchev–Trinajstić information content (AvgIpc) is 3.26. The quantitative estimate of drug-likeness (QED) is 0.0522.